The van der Waals surface area contributed by atoms with E-state index in [2.05, 4.69) is 6.58 Å². The van der Waals surface area contributed by atoms with Crippen LogP contribution in [0.3, 0.4) is 0 Å². The zero-order valence-electron chi connectivity index (χ0n) is 6.74. The van der Waals surface area contributed by atoms with Crippen molar-refractivity contribution in [2.45, 2.75) is 13.8 Å². The Morgan fingerprint density at radius 3 is 2.40 bits per heavy atom. The Kier molecular flexibility index (Phi) is 3.78. The predicted molar refractivity (Wildman–Crippen MR) is 46.3 cm³/mol. The highest BCUT2D eigenvalue weighted by molar-refractivity contribution is 6.24. The number of hydrogen-bond donors (Lipinski definition) is 0. The summed E-state index contributed by atoms with van der Waals surface area (Å²) in [5, 5.41) is 0. The molecule has 0 aliphatic rings. The van der Waals surface area contributed by atoms with E-state index in [1.165, 1.54) is 6.08 Å². The molecule has 0 atom stereocenters. The normalized spacial score (nSPS) is 13.5. The highest BCUT2D eigenvalue weighted by Crippen LogP contribution is 2.09. The van der Waals surface area contributed by atoms with Gasteiger partial charge >= 0.3 is 0 Å². The quantitative estimate of drug-likeness (QED) is 0.404. The molecule has 2 heteroatoms. The smallest absolute Gasteiger partial charge is 0.142 e. The van der Waals surface area contributed by atoms with Gasteiger partial charge < -0.3 is 0 Å². The van der Waals surface area contributed by atoms with Gasteiger partial charge in [-0.05, 0) is 19.9 Å². The third-order valence-electron chi connectivity index (χ3n) is 1.18. The van der Waals surface area contributed by atoms with Crippen LogP contribution in [0.25, 0.3) is 0 Å². The molecular weight excluding hydrogens is 126 g/mol. The first-order valence-corrected chi connectivity index (χ1v) is 3.24. The summed E-state index contributed by atoms with van der Waals surface area (Å²) in [6, 6.07) is 0. The molecule has 0 aromatic rings. The molecule has 0 unspecified atom stereocenters. The Balaban J connectivity index is 4.35. The van der Waals surface area contributed by atoms with Gasteiger partial charge in [0.15, 0.2) is 0 Å². The van der Waals surface area contributed by atoms with Gasteiger partial charge in [-0.2, -0.15) is 0 Å². The summed E-state index contributed by atoms with van der Waals surface area (Å²) in [5.41, 5.74) is 1.39. The predicted octanol–water partition coefficient (Wildman–Crippen LogP) is 1.95. The van der Waals surface area contributed by atoms with Crippen LogP contribution < -0.4 is 0 Å². The fourth-order valence-corrected chi connectivity index (χ4v) is 0.468. The first-order valence-electron chi connectivity index (χ1n) is 3.24. The molecule has 54 valence electrons. The van der Waals surface area contributed by atoms with Gasteiger partial charge in [-0.15, -0.1) is 0 Å². The lowest BCUT2D eigenvalue weighted by molar-refractivity contribution is 0.661. The second-order valence-electron chi connectivity index (χ2n) is 2.31. The molecule has 0 amide bonds. The van der Waals surface area contributed by atoms with Crippen LogP contribution in [-0.2, 0) is 0 Å². The molecule has 0 bridgehead atoms. The van der Waals surface area contributed by atoms with Crippen molar-refractivity contribution in [1.82, 2.24) is 0 Å². The second-order valence-corrected chi connectivity index (χ2v) is 2.31. The molecule has 0 fully saturated rings. The molecule has 0 rings (SSSR count). The fraction of sp³-hybridized carbons (Fsp3) is 0.250. The van der Waals surface area contributed by atoms with E-state index < -0.39 is 0 Å². The van der Waals surface area contributed by atoms with Gasteiger partial charge in [-0.25, -0.2) is 4.39 Å². The number of halogens is 1. The first-order chi connectivity index (χ1) is 4.57. The van der Waals surface area contributed by atoms with E-state index in [0.717, 1.165) is 5.57 Å². The maximum Gasteiger partial charge on any atom is 0.142 e. The largest absolute Gasteiger partial charge is 0.208 e. The van der Waals surface area contributed by atoms with Gasteiger partial charge in [0.2, 0.25) is 0 Å². The molecule has 0 saturated carbocycles. The zero-order chi connectivity index (χ0) is 8.15. The standard InChI is InChI=1S/C8H12BF/c1-4-7(9)8(10)5-6(2)3/h4-5H,2,9H2,1,3H3/b7-4+,8-5+. The molecular formula is C8H12BF. The maximum absolute atomic E-state index is 12.8. The van der Waals surface area contributed by atoms with E-state index in [-0.39, 0.29) is 5.83 Å². The summed E-state index contributed by atoms with van der Waals surface area (Å²) in [4.78, 5) is 0. The highest BCUT2D eigenvalue weighted by atomic mass is 19.1. The van der Waals surface area contributed by atoms with Crippen molar-refractivity contribution < 1.29 is 4.39 Å². The lowest BCUT2D eigenvalue weighted by Gasteiger charge is -1.94. The summed E-state index contributed by atoms with van der Waals surface area (Å²) in [7, 11) is 1.73. The Morgan fingerprint density at radius 1 is 1.60 bits per heavy atom. The number of hydrogen-bond acceptors (Lipinski definition) is 0. The molecule has 0 radical (unpaired) electrons. The molecule has 0 heterocycles. The Labute approximate surface area is 62.5 Å². The van der Waals surface area contributed by atoms with Crippen molar-refractivity contribution >= 4 is 7.85 Å². The minimum atomic E-state index is -0.199. The van der Waals surface area contributed by atoms with E-state index >= 15 is 0 Å². The average Bonchev–Trinajstić information content (AvgIpc) is 1.85. The summed E-state index contributed by atoms with van der Waals surface area (Å²) < 4.78 is 12.8. The second kappa shape index (κ2) is 4.10. The molecule has 0 aromatic carbocycles. The third-order valence-corrected chi connectivity index (χ3v) is 1.18. The summed E-state index contributed by atoms with van der Waals surface area (Å²) in [6.07, 6.45) is 3.16. The van der Waals surface area contributed by atoms with E-state index in [1.807, 2.05) is 0 Å². The van der Waals surface area contributed by atoms with E-state index in [1.54, 1.807) is 27.8 Å². The van der Waals surface area contributed by atoms with E-state index in [9.17, 15) is 4.39 Å². The lowest BCUT2D eigenvalue weighted by atomic mass is 9.93. The van der Waals surface area contributed by atoms with Crippen molar-refractivity contribution in [3.05, 3.63) is 35.6 Å². The fourth-order valence-electron chi connectivity index (χ4n) is 0.468. The molecule has 10 heavy (non-hydrogen) atoms. The Morgan fingerprint density at radius 2 is 2.10 bits per heavy atom. The number of rotatable bonds is 2. The van der Waals surface area contributed by atoms with Crippen LogP contribution in [0.4, 0.5) is 4.39 Å². The van der Waals surface area contributed by atoms with Crippen LogP contribution in [0.1, 0.15) is 13.8 Å². The average molecular weight is 138 g/mol. The van der Waals surface area contributed by atoms with Crippen molar-refractivity contribution in [2.75, 3.05) is 0 Å². The van der Waals surface area contributed by atoms with Gasteiger partial charge in [-0.1, -0.05) is 23.7 Å². The van der Waals surface area contributed by atoms with Crippen molar-refractivity contribution in [3.63, 3.8) is 0 Å². The molecule has 0 saturated heterocycles. The van der Waals surface area contributed by atoms with Crippen LogP contribution in [-0.4, -0.2) is 7.85 Å². The SMILES string of the molecule is BC(=C/C)/C(F)=C\C(=C)C. The monoisotopic (exact) mass is 138 g/mol. The number of allylic oxidation sites excluding steroid dienone is 5. The van der Waals surface area contributed by atoms with Crippen LogP contribution in [0, 0.1) is 0 Å². The lowest BCUT2D eigenvalue weighted by Crippen LogP contribution is -1.81. The van der Waals surface area contributed by atoms with E-state index in [0.29, 0.717) is 5.47 Å². The Hall–Kier alpha value is -0.785. The topological polar surface area (TPSA) is 0 Å². The van der Waals surface area contributed by atoms with Gasteiger partial charge in [-0.3, -0.25) is 0 Å². The summed E-state index contributed by atoms with van der Waals surface area (Å²) in [6.45, 7) is 7.14. The minimum Gasteiger partial charge on any atom is -0.208 e. The molecule has 0 nitrogen and oxygen atoms in total. The van der Waals surface area contributed by atoms with Gasteiger partial charge in [0.1, 0.15) is 13.7 Å². The third kappa shape index (κ3) is 3.28. The summed E-state index contributed by atoms with van der Waals surface area (Å²) in [5.74, 6) is -0.199. The molecule has 0 aromatic heterocycles. The molecule has 0 aliphatic carbocycles. The van der Waals surface area contributed by atoms with Crippen LogP contribution in [0.5, 0.6) is 0 Å². The van der Waals surface area contributed by atoms with Gasteiger partial charge in [0, 0.05) is 0 Å². The van der Waals surface area contributed by atoms with Crippen molar-refractivity contribution in [3.8, 4) is 0 Å². The molecule has 0 spiro atoms. The van der Waals surface area contributed by atoms with Crippen LogP contribution in [0.2, 0.25) is 0 Å². The molecule has 0 aliphatic heterocycles. The highest BCUT2D eigenvalue weighted by Gasteiger charge is 1.94. The van der Waals surface area contributed by atoms with Crippen LogP contribution >= 0.6 is 0 Å². The Bertz CT molecular complexity index is 189. The maximum atomic E-state index is 12.8. The van der Waals surface area contributed by atoms with E-state index in [4.69, 9.17) is 0 Å². The summed E-state index contributed by atoms with van der Waals surface area (Å²) >= 11 is 0. The first kappa shape index (κ1) is 9.21. The molecule has 0 N–H and O–H groups in total. The van der Waals surface area contributed by atoms with Crippen LogP contribution in [0.15, 0.2) is 35.6 Å². The van der Waals surface area contributed by atoms with Crippen molar-refractivity contribution in [2.24, 2.45) is 0 Å². The van der Waals surface area contributed by atoms with Crippen molar-refractivity contribution in [1.29, 1.82) is 0 Å². The van der Waals surface area contributed by atoms with Gasteiger partial charge in [0.25, 0.3) is 0 Å². The zero-order valence-corrected chi connectivity index (χ0v) is 6.74. The van der Waals surface area contributed by atoms with Gasteiger partial charge in [0.05, 0.1) is 0 Å². The minimum absolute atomic E-state index is 0.199.